The second-order valence-corrected chi connectivity index (χ2v) is 6.14. The zero-order valence-corrected chi connectivity index (χ0v) is 14.3. The lowest BCUT2D eigenvalue weighted by atomic mass is 9.97. The predicted octanol–water partition coefficient (Wildman–Crippen LogP) is 4.31. The van der Waals surface area contributed by atoms with Crippen LogP contribution >= 0.6 is 0 Å². The second kappa shape index (κ2) is 8.51. The summed E-state index contributed by atoms with van der Waals surface area (Å²) in [4.78, 5) is 12.1. The lowest BCUT2D eigenvalue weighted by Crippen LogP contribution is -2.17. The van der Waals surface area contributed by atoms with Crippen LogP contribution in [0.15, 0.2) is 42.0 Å². The first-order chi connectivity index (χ1) is 12.6. The monoisotopic (exact) mass is 358 g/mol. The quantitative estimate of drug-likeness (QED) is 0.755. The smallest absolute Gasteiger partial charge is 0.276 e. The second-order valence-electron chi connectivity index (χ2n) is 6.14. The topological polar surface area (TPSA) is 66.9 Å². The standard InChI is InChI=1S/C19H20F2N4O/c20-14-7-4-8-15(21)18(14)23-19(26)16-9-10-17(25-24-16)22-12-11-13-5-2-1-3-6-13/h4-5,7-10H,1-3,6,11-12H2,(H,22,25)(H,23,26). The third-order valence-corrected chi connectivity index (χ3v) is 4.24. The molecule has 5 nitrogen and oxygen atoms in total. The van der Waals surface area contributed by atoms with Crippen molar-refractivity contribution in [2.45, 2.75) is 32.1 Å². The van der Waals surface area contributed by atoms with Gasteiger partial charge >= 0.3 is 0 Å². The summed E-state index contributed by atoms with van der Waals surface area (Å²) in [5.74, 6) is -1.86. The van der Waals surface area contributed by atoms with Gasteiger partial charge in [-0.25, -0.2) is 8.78 Å². The van der Waals surface area contributed by atoms with E-state index in [1.807, 2.05) is 0 Å². The number of rotatable bonds is 6. The molecule has 1 aromatic carbocycles. The molecule has 0 atom stereocenters. The van der Waals surface area contributed by atoms with Gasteiger partial charge in [-0.05, 0) is 56.4 Å². The predicted molar refractivity (Wildman–Crippen MR) is 96.0 cm³/mol. The molecule has 0 radical (unpaired) electrons. The molecular weight excluding hydrogens is 338 g/mol. The van der Waals surface area contributed by atoms with Gasteiger partial charge in [0.2, 0.25) is 0 Å². The van der Waals surface area contributed by atoms with Crippen LogP contribution in [0.4, 0.5) is 20.3 Å². The average Bonchev–Trinajstić information content (AvgIpc) is 2.66. The Hall–Kier alpha value is -2.83. The first kappa shape index (κ1) is 18.0. The van der Waals surface area contributed by atoms with Gasteiger partial charge in [-0.2, -0.15) is 0 Å². The van der Waals surface area contributed by atoms with Gasteiger partial charge in [-0.3, -0.25) is 4.79 Å². The van der Waals surface area contributed by atoms with Gasteiger partial charge in [0.25, 0.3) is 5.91 Å². The molecule has 0 spiro atoms. The van der Waals surface area contributed by atoms with Gasteiger partial charge in [0.05, 0.1) is 0 Å². The normalized spacial score (nSPS) is 13.8. The molecule has 0 fully saturated rings. The van der Waals surface area contributed by atoms with Crippen molar-refractivity contribution in [3.05, 3.63) is 59.3 Å². The molecule has 0 bridgehead atoms. The van der Waals surface area contributed by atoms with E-state index < -0.39 is 23.2 Å². The number of carbonyl (C=O) groups is 1. The third-order valence-electron chi connectivity index (χ3n) is 4.24. The summed E-state index contributed by atoms with van der Waals surface area (Å²) in [6.45, 7) is 0.743. The number of carbonyl (C=O) groups excluding carboxylic acids is 1. The van der Waals surface area contributed by atoms with Gasteiger partial charge < -0.3 is 10.6 Å². The van der Waals surface area contributed by atoms with Crippen molar-refractivity contribution >= 4 is 17.4 Å². The Morgan fingerprint density at radius 2 is 1.88 bits per heavy atom. The van der Waals surface area contributed by atoms with Crippen molar-refractivity contribution in [2.24, 2.45) is 0 Å². The third kappa shape index (κ3) is 4.62. The van der Waals surface area contributed by atoms with Crippen LogP contribution in [0.25, 0.3) is 0 Å². The Balaban J connectivity index is 1.55. The van der Waals surface area contributed by atoms with E-state index in [2.05, 4.69) is 26.9 Å². The van der Waals surface area contributed by atoms with Crippen LogP contribution < -0.4 is 10.6 Å². The highest BCUT2D eigenvalue weighted by Crippen LogP contribution is 2.20. The number of hydrogen-bond donors (Lipinski definition) is 2. The summed E-state index contributed by atoms with van der Waals surface area (Å²) < 4.78 is 27.2. The SMILES string of the molecule is O=C(Nc1c(F)cccc1F)c1ccc(NCCC2=CCCCC2)nn1. The number of allylic oxidation sites excluding steroid dienone is 1. The van der Waals surface area contributed by atoms with E-state index in [0.29, 0.717) is 5.82 Å². The highest BCUT2D eigenvalue weighted by atomic mass is 19.1. The van der Waals surface area contributed by atoms with E-state index in [4.69, 9.17) is 0 Å². The Morgan fingerprint density at radius 1 is 1.08 bits per heavy atom. The maximum atomic E-state index is 13.6. The van der Waals surface area contributed by atoms with Crippen LogP contribution in [0.1, 0.15) is 42.6 Å². The highest BCUT2D eigenvalue weighted by molar-refractivity contribution is 6.02. The zero-order valence-electron chi connectivity index (χ0n) is 14.3. The summed E-state index contributed by atoms with van der Waals surface area (Å²) >= 11 is 0. The minimum absolute atomic E-state index is 0.0202. The van der Waals surface area contributed by atoms with E-state index in [1.165, 1.54) is 30.5 Å². The molecule has 26 heavy (non-hydrogen) atoms. The fourth-order valence-electron chi connectivity index (χ4n) is 2.83. The summed E-state index contributed by atoms with van der Waals surface area (Å²) in [6.07, 6.45) is 8.07. The number of halogens is 2. The Kier molecular flexibility index (Phi) is 5.88. The molecular formula is C19H20F2N4O. The van der Waals surface area contributed by atoms with Gasteiger partial charge in [0, 0.05) is 6.54 Å². The van der Waals surface area contributed by atoms with Crippen LogP contribution in [-0.4, -0.2) is 22.6 Å². The Bertz CT molecular complexity index is 785. The van der Waals surface area contributed by atoms with E-state index in [9.17, 15) is 13.6 Å². The molecule has 0 unspecified atom stereocenters. The van der Waals surface area contributed by atoms with E-state index in [1.54, 1.807) is 6.07 Å². The molecule has 2 N–H and O–H groups in total. The minimum atomic E-state index is -0.846. The van der Waals surface area contributed by atoms with E-state index in [-0.39, 0.29) is 5.69 Å². The molecule has 0 saturated heterocycles. The Morgan fingerprint density at radius 3 is 2.54 bits per heavy atom. The zero-order chi connectivity index (χ0) is 18.4. The molecule has 0 aliphatic heterocycles. The number of nitrogens with zero attached hydrogens (tertiary/aromatic N) is 2. The van der Waals surface area contributed by atoms with E-state index >= 15 is 0 Å². The summed E-state index contributed by atoms with van der Waals surface area (Å²) in [5, 5.41) is 13.1. The summed E-state index contributed by atoms with van der Waals surface area (Å²) in [5.41, 5.74) is 0.940. The first-order valence-electron chi connectivity index (χ1n) is 8.64. The maximum Gasteiger partial charge on any atom is 0.276 e. The molecule has 3 rings (SSSR count). The number of aromatic nitrogens is 2. The number of para-hydroxylation sites is 1. The number of nitrogens with one attached hydrogen (secondary N) is 2. The lowest BCUT2D eigenvalue weighted by Gasteiger charge is -2.13. The van der Waals surface area contributed by atoms with Crippen molar-refractivity contribution in [3.63, 3.8) is 0 Å². The first-order valence-corrected chi connectivity index (χ1v) is 8.64. The van der Waals surface area contributed by atoms with Gasteiger partial charge in [-0.15, -0.1) is 10.2 Å². The summed E-state index contributed by atoms with van der Waals surface area (Å²) in [7, 11) is 0. The van der Waals surface area contributed by atoms with Crippen molar-refractivity contribution in [2.75, 3.05) is 17.2 Å². The minimum Gasteiger partial charge on any atom is -0.368 e. The van der Waals surface area contributed by atoms with Crippen LogP contribution in [-0.2, 0) is 0 Å². The average molecular weight is 358 g/mol. The van der Waals surface area contributed by atoms with Gasteiger partial charge in [0.15, 0.2) is 5.69 Å². The summed E-state index contributed by atoms with van der Waals surface area (Å²) in [6, 6.07) is 6.44. The largest absolute Gasteiger partial charge is 0.368 e. The lowest BCUT2D eigenvalue weighted by molar-refractivity contribution is 0.102. The number of hydrogen-bond acceptors (Lipinski definition) is 4. The van der Waals surface area contributed by atoms with Crippen LogP contribution in [0.2, 0.25) is 0 Å². The molecule has 136 valence electrons. The number of benzene rings is 1. The van der Waals surface area contributed by atoms with Gasteiger partial charge in [-0.1, -0.05) is 17.7 Å². The molecule has 1 amide bonds. The molecule has 1 heterocycles. The molecule has 1 aliphatic rings. The van der Waals surface area contributed by atoms with Crippen LogP contribution in [0, 0.1) is 11.6 Å². The van der Waals surface area contributed by atoms with Crippen LogP contribution in [0.3, 0.4) is 0 Å². The fraction of sp³-hybridized carbons (Fsp3) is 0.316. The fourth-order valence-corrected chi connectivity index (χ4v) is 2.83. The molecule has 1 aliphatic carbocycles. The van der Waals surface area contributed by atoms with Gasteiger partial charge in [0.1, 0.15) is 23.1 Å². The highest BCUT2D eigenvalue weighted by Gasteiger charge is 2.14. The molecule has 2 aromatic rings. The van der Waals surface area contributed by atoms with Crippen molar-refractivity contribution in [3.8, 4) is 0 Å². The number of amides is 1. The molecule has 1 aromatic heterocycles. The number of anilines is 2. The van der Waals surface area contributed by atoms with Crippen molar-refractivity contribution in [1.82, 2.24) is 10.2 Å². The Labute approximate surface area is 150 Å². The molecule has 7 heteroatoms. The van der Waals surface area contributed by atoms with Crippen molar-refractivity contribution in [1.29, 1.82) is 0 Å². The van der Waals surface area contributed by atoms with Crippen LogP contribution in [0.5, 0.6) is 0 Å². The van der Waals surface area contributed by atoms with E-state index in [0.717, 1.165) is 37.9 Å². The molecule has 0 saturated carbocycles. The maximum absolute atomic E-state index is 13.6. The van der Waals surface area contributed by atoms with Crippen molar-refractivity contribution < 1.29 is 13.6 Å².